The standard InChI is InChI=1S/C14H14N2O3/c1-2-19-14(18)12-5-3-4-11(8-12)9-16-7-6-13(10-17)15-16/h3-8,10H,2,9H2,1H3. The van der Waals surface area contributed by atoms with E-state index in [9.17, 15) is 9.59 Å². The van der Waals surface area contributed by atoms with Gasteiger partial charge in [0.2, 0.25) is 0 Å². The average molecular weight is 258 g/mol. The van der Waals surface area contributed by atoms with Crippen molar-refractivity contribution in [2.75, 3.05) is 6.61 Å². The van der Waals surface area contributed by atoms with Crippen LogP contribution >= 0.6 is 0 Å². The lowest BCUT2D eigenvalue weighted by molar-refractivity contribution is 0.0526. The summed E-state index contributed by atoms with van der Waals surface area (Å²) in [5, 5.41) is 4.07. The van der Waals surface area contributed by atoms with Crippen molar-refractivity contribution in [1.82, 2.24) is 9.78 Å². The van der Waals surface area contributed by atoms with Gasteiger partial charge in [-0.15, -0.1) is 0 Å². The Bertz CT molecular complexity index is 590. The van der Waals surface area contributed by atoms with Crippen molar-refractivity contribution in [3.63, 3.8) is 0 Å². The second-order valence-corrected chi connectivity index (χ2v) is 3.98. The van der Waals surface area contributed by atoms with Crippen LogP contribution in [0.3, 0.4) is 0 Å². The molecule has 0 atom stereocenters. The van der Waals surface area contributed by atoms with E-state index in [0.29, 0.717) is 30.7 Å². The van der Waals surface area contributed by atoms with Gasteiger partial charge in [-0.3, -0.25) is 9.48 Å². The maximum absolute atomic E-state index is 11.6. The SMILES string of the molecule is CCOC(=O)c1cccc(Cn2ccc(C=O)n2)c1. The zero-order valence-corrected chi connectivity index (χ0v) is 10.6. The first kappa shape index (κ1) is 13.0. The van der Waals surface area contributed by atoms with Crippen molar-refractivity contribution in [3.8, 4) is 0 Å². The van der Waals surface area contributed by atoms with Crippen LogP contribution in [0.2, 0.25) is 0 Å². The second kappa shape index (κ2) is 5.95. The van der Waals surface area contributed by atoms with Crippen LogP contribution in [0.25, 0.3) is 0 Å². The highest BCUT2D eigenvalue weighted by Gasteiger charge is 2.07. The summed E-state index contributed by atoms with van der Waals surface area (Å²) < 4.78 is 6.59. The van der Waals surface area contributed by atoms with Gasteiger partial charge in [0.05, 0.1) is 18.7 Å². The predicted molar refractivity (Wildman–Crippen MR) is 69.1 cm³/mol. The summed E-state index contributed by atoms with van der Waals surface area (Å²) in [6, 6.07) is 8.81. The molecule has 1 heterocycles. The molecule has 0 saturated heterocycles. The molecule has 2 aromatic rings. The van der Waals surface area contributed by atoms with E-state index >= 15 is 0 Å². The third kappa shape index (κ3) is 3.28. The highest BCUT2D eigenvalue weighted by Crippen LogP contribution is 2.08. The third-order valence-corrected chi connectivity index (χ3v) is 2.56. The molecule has 98 valence electrons. The molecule has 0 N–H and O–H groups in total. The molecule has 0 amide bonds. The Hall–Kier alpha value is -2.43. The lowest BCUT2D eigenvalue weighted by atomic mass is 10.1. The van der Waals surface area contributed by atoms with Crippen molar-refractivity contribution in [2.24, 2.45) is 0 Å². The quantitative estimate of drug-likeness (QED) is 0.607. The van der Waals surface area contributed by atoms with E-state index in [0.717, 1.165) is 5.56 Å². The maximum Gasteiger partial charge on any atom is 0.338 e. The van der Waals surface area contributed by atoms with Crippen LogP contribution in [0.15, 0.2) is 36.5 Å². The van der Waals surface area contributed by atoms with Crippen LogP contribution < -0.4 is 0 Å². The monoisotopic (exact) mass is 258 g/mol. The van der Waals surface area contributed by atoms with Crippen LogP contribution in [0.1, 0.15) is 33.3 Å². The molecule has 0 fully saturated rings. The first-order valence-electron chi connectivity index (χ1n) is 5.97. The van der Waals surface area contributed by atoms with Crippen molar-refractivity contribution < 1.29 is 14.3 Å². The van der Waals surface area contributed by atoms with Gasteiger partial charge >= 0.3 is 5.97 Å². The lowest BCUT2D eigenvalue weighted by Crippen LogP contribution is -2.06. The molecule has 0 bridgehead atoms. The molecule has 2 rings (SSSR count). The maximum atomic E-state index is 11.6. The van der Waals surface area contributed by atoms with E-state index < -0.39 is 0 Å². The van der Waals surface area contributed by atoms with Gasteiger partial charge in [0.25, 0.3) is 0 Å². The molecule has 5 nitrogen and oxygen atoms in total. The number of hydrogen-bond donors (Lipinski definition) is 0. The Kier molecular flexibility index (Phi) is 4.07. The summed E-state index contributed by atoms with van der Waals surface area (Å²) in [7, 11) is 0. The van der Waals surface area contributed by atoms with Crippen LogP contribution in [0, 0.1) is 0 Å². The largest absolute Gasteiger partial charge is 0.462 e. The number of aldehydes is 1. The van der Waals surface area contributed by atoms with Gasteiger partial charge in [0, 0.05) is 6.20 Å². The average Bonchev–Trinajstić information content (AvgIpc) is 2.87. The minimum Gasteiger partial charge on any atom is -0.462 e. The smallest absolute Gasteiger partial charge is 0.338 e. The number of ether oxygens (including phenoxy) is 1. The molecular formula is C14H14N2O3. The Morgan fingerprint density at radius 1 is 1.42 bits per heavy atom. The number of aromatic nitrogens is 2. The van der Waals surface area contributed by atoms with Crippen molar-refractivity contribution in [2.45, 2.75) is 13.5 Å². The minimum atomic E-state index is -0.335. The van der Waals surface area contributed by atoms with E-state index in [-0.39, 0.29) is 5.97 Å². The number of rotatable bonds is 5. The van der Waals surface area contributed by atoms with Gasteiger partial charge < -0.3 is 4.74 Å². The summed E-state index contributed by atoms with van der Waals surface area (Å²) in [6.45, 7) is 2.62. The van der Waals surface area contributed by atoms with Gasteiger partial charge in [-0.2, -0.15) is 5.10 Å². The fraction of sp³-hybridized carbons (Fsp3) is 0.214. The van der Waals surface area contributed by atoms with Crippen LogP contribution in [0.4, 0.5) is 0 Å². The summed E-state index contributed by atoms with van der Waals surface area (Å²) in [6.07, 6.45) is 2.42. The topological polar surface area (TPSA) is 61.2 Å². The Morgan fingerprint density at radius 2 is 2.26 bits per heavy atom. The zero-order valence-electron chi connectivity index (χ0n) is 10.6. The Morgan fingerprint density at radius 3 is 2.95 bits per heavy atom. The minimum absolute atomic E-state index is 0.335. The molecule has 0 unspecified atom stereocenters. The van der Waals surface area contributed by atoms with Gasteiger partial charge in [-0.1, -0.05) is 12.1 Å². The lowest BCUT2D eigenvalue weighted by Gasteiger charge is -2.05. The number of carbonyl (C=O) groups excluding carboxylic acids is 2. The molecule has 5 heteroatoms. The highest BCUT2D eigenvalue weighted by atomic mass is 16.5. The van der Waals surface area contributed by atoms with Gasteiger partial charge in [-0.05, 0) is 30.7 Å². The van der Waals surface area contributed by atoms with E-state index in [4.69, 9.17) is 4.74 Å². The molecular weight excluding hydrogens is 244 g/mol. The Labute approximate surface area is 110 Å². The molecule has 19 heavy (non-hydrogen) atoms. The number of carbonyl (C=O) groups is 2. The highest BCUT2D eigenvalue weighted by molar-refractivity contribution is 5.89. The molecule has 0 spiro atoms. The number of esters is 1. The van der Waals surface area contributed by atoms with Crippen LogP contribution in [-0.2, 0) is 11.3 Å². The van der Waals surface area contributed by atoms with Gasteiger partial charge in [-0.25, -0.2) is 4.79 Å². The fourth-order valence-corrected chi connectivity index (χ4v) is 1.73. The number of hydrogen-bond acceptors (Lipinski definition) is 4. The first-order valence-corrected chi connectivity index (χ1v) is 5.97. The second-order valence-electron chi connectivity index (χ2n) is 3.98. The van der Waals surface area contributed by atoms with E-state index in [1.54, 1.807) is 42.1 Å². The number of nitrogens with zero attached hydrogens (tertiary/aromatic N) is 2. The molecule has 0 radical (unpaired) electrons. The molecule has 0 aliphatic rings. The third-order valence-electron chi connectivity index (χ3n) is 2.56. The predicted octanol–water partition coefficient (Wildman–Crippen LogP) is 1.92. The van der Waals surface area contributed by atoms with E-state index in [2.05, 4.69) is 5.10 Å². The molecule has 0 saturated carbocycles. The molecule has 1 aromatic carbocycles. The summed E-state index contributed by atoms with van der Waals surface area (Å²) in [5.41, 5.74) is 1.83. The first-order chi connectivity index (χ1) is 9.22. The zero-order chi connectivity index (χ0) is 13.7. The van der Waals surface area contributed by atoms with Crippen molar-refractivity contribution >= 4 is 12.3 Å². The van der Waals surface area contributed by atoms with Crippen LogP contribution in [-0.4, -0.2) is 28.6 Å². The van der Waals surface area contributed by atoms with E-state index in [1.165, 1.54) is 0 Å². The van der Waals surface area contributed by atoms with Crippen molar-refractivity contribution in [3.05, 3.63) is 53.3 Å². The normalized spacial score (nSPS) is 10.2. The summed E-state index contributed by atoms with van der Waals surface area (Å²) in [4.78, 5) is 22.2. The molecule has 0 aliphatic carbocycles. The summed E-state index contributed by atoms with van der Waals surface area (Å²) in [5.74, 6) is -0.335. The van der Waals surface area contributed by atoms with Gasteiger partial charge in [0.15, 0.2) is 6.29 Å². The molecule has 1 aromatic heterocycles. The van der Waals surface area contributed by atoms with E-state index in [1.807, 2.05) is 6.07 Å². The fourth-order valence-electron chi connectivity index (χ4n) is 1.73. The Balaban J connectivity index is 2.14. The van der Waals surface area contributed by atoms with Crippen molar-refractivity contribution in [1.29, 1.82) is 0 Å². The molecule has 0 aliphatic heterocycles. The van der Waals surface area contributed by atoms with Gasteiger partial charge in [0.1, 0.15) is 5.69 Å². The number of benzene rings is 1. The van der Waals surface area contributed by atoms with Crippen LogP contribution in [0.5, 0.6) is 0 Å². The summed E-state index contributed by atoms with van der Waals surface area (Å²) >= 11 is 0.